The van der Waals surface area contributed by atoms with E-state index in [9.17, 15) is 15.0 Å². The summed E-state index contributed by atoms with van der Waals surface area (Å²) in [5.74, 6) is -0.764. The van der Waals surface area contributed by atoms with Crippen molar-refractivity contribution in [1.82, 2.24) is 0 Å². The molecule has 0 spiro atoms. The highest BCUT2D eigenvalue weighted by Gasteiger charge is 2.06. The Morgan fingerprint density at radius 1 is 1.17 bits per heavy atom. The molecule has 0 aliphatic rings. The molecule has 0 radical (unpaired) electrons. The van der Waals surface area contributed by atoms with E-state index >= 15 is 0 Å². The number of azo groups is 1. The monoisotopic (exact) mass is 312 g/mol. The van der Waals surface area contributed by atoms with E-state index in [1.165, 1.54) is 18.2 Å². The van der Waals surface area contributed by atoms with E-state index in [0.717, 1.165) is 11.6 Å². The fraction of sp³-hybridized carbons (Fsp3) is 0.118. The highest BCUT2D eigenvalue weighted by molar-refractivity contribution is 5.81. The number of ether oxygens (including phenoxy) is 1. The Hall–Kier alpha value is -3.15. The van der Waals surface area contributed by atoms with Crippen LogP contribution in [0, 0.1) is 6.92 Å². The number of aromatic hydroxyl groups is 2. The number of phenolic OH excluding ortho intramolecular Hbond substituents is 2. The van der Waals surface area contributed by atoms with Crippen LogP contribution in [0.15, 0.2) is 59.3 Å². The Labute approximate surface area is 133 Å². The van der Waals surface area contributed by atoms with Gasteiger partial charge in [-0.1, -0.05) is 24.3 Å². The zero-order chi connectivity index (χ0) is 16.8. The molecule has 0 saturated carbocycles. The summed E-state index contributed by atoms with van der Waals surface area (Å²) in [6.45, 7) is 5.29. The van der Waals surface area contributed by atoms with Gasteiger partial charge in [-0.25, -0.2) is 4.79 Å². The molecule has 0 amide bonds. The van der Waals surface area contributed by atoms with Crippen LogP contribution in [0.2, 0.25) is 0 Å². The summed E-state index contributed by atoms with van der Waals surface area (Å²) in [6.07, 6.45) is 1.09. The third-order valence-electron chi connectivity index (χ3n) is 3.00. The molecule has 0 atom stereocenters. The summed E-state index contributed by atoms with van der Waals surface area (Å²) in [4.78, 5) is 11.2. The van der Waals surface area contributed by atoms with Crippen LogP contribution in [0.4, 0.5) is 11.4 Å². The quantitative estimate of drug-likeness (QED) is 0.495. The lowest BCUT2D eigenvalue weighted by molar-refractivity contribution is -0.138. The van der Waals surface area contributed by atoms with Crippen molar-refractivity contribution in [3.8, 4) is 11.5 Å². The van der Waals surface area contributed by atoms with E-state index < -0.39 is 5.97 Å². The van der Waals surface area contributed by atoms with Gasteiger partial charge in [0, 0.05) is 17.7 Å². The van der Waals surface area contributed by atoms with E-state index in [0.29, 0.717) is 11.3 Å². The fourth-order valence-corrected chi connectivity index (χ4v) is 1.84. The molecule has 0 fully saturated rings. The molecular formula is C17H16N2O4. The van der Waals surface area contributed by atoms with E-state index in [1.54, 1.807) is 6.07 Å². The third-order valence-corrected chi connectivity index (χ3v) is 3.00. The number of hydrogen-bond donors (Lipinski definition) is 2. The molecule has 0 aromatic heterocycles. The highest BCUT2D eigenvalue weighted by Crippen LogP contribution is 2.32. The molecule has 2 aromatic carbocycles. The first-order valence-electron chi connectivity index (χ1n) is 6.82. The van der Waals surface area contributed by atoms with E-state index in [1.807, 2.05) is 19.1 Å². The van der Waals surface area contributed by atoms with Crippen LogP contribution in [0.25, 0.3) is 0 Å². The molecule has 0 heterocycles. The normalized spacial score (nSPS) is 10.7. The van der Waals surface area contributed by atoms with Gasteiger partial charge in [0.2, 0.25) is 0 Å². The molecule has 0 unspecified atom stereocenters. The fourth-order valence-electron chi connectivity index (χ4n) is 1.84. The van der Waals surface area contributed by atoms with Crippen molar-refractivity contribution in [2.45, 2.75) is 13.5 Å². The predicted octanol–water partition coefficient (Wildman–Crippen LogP) is 4.05. The Morgan fingerprint density at radius 3 is 2.57 bits per heavy atom. The second-order valence-corrected chi connectivity index (χ2v) is 4.82. The van der Waals surface area contributed by atoms with Gasteiger partial charge < -0.3 is 14.9 Å². The van der Waals surface area contributed by atoms with Crippen LogP contribution in [-0.4, -0.2) is 16.2 Å². The van der Waals surface area contributed by atoms with Crippen molar-refractivity contribution in [3.05, 3.63) is 60.2 Å². The summed E-state index contributed by atoms with van der Waals surface area (Å²) in [5.41, 5.74) is 2.40. The molecular weight excluding hydrogens is 296 g/mol. The topological polar surface area (TPSA) is 91.5 Å². The third kappa shape index (κ3) is 4.41. The summed E-state index contributed by atoms with van der Waals surface area (Å²) < 4.78 is 5.02. The maximum atomic E-state index is 11.2. The maximum Gasteiger partial charge on any atom is 0.330 e. The standard InChI is InChI=1S/C17H16N2O4/c1-3-17(22)23-10-12-8-11(2)4-6-14(12)18-19-15-7-5-13(20)9-16(15)21/h3-9,20-21H,1,10H2,2H3. The van der Waals surface area contributed by atoms with E-state index in [-0.39, 0.29) is 23.8 Å². The van der Waals surface area contributed by atoms with Crippen LogP contribution in [0.3, 0.4) is 0 Å². The molecule has 2 N–H and O–H groups in total. The number of rotatable bonds is 5. The second-order valence-electron chi connectivity index (χ2n) is 4.82. The number of benzene rings is 2. The number of phenols is 2. The van der Waals surface area contributed by atoms with Crippen LogP contribution in [0.5, 0.6) is 11.5 Å². The molecule has 6 nitrogen and oxygen atoms in total. The van der Waals surface area contributed by atoms with Crippen molar-refractivity contribution in [2.24, 2.45) is 10.2 Å². The molecule has 0 saturated heterocycles. The Balaban J connectivity index is 2.26. The Morgan fingerprint density at radius 2 is 1.87 bits per heavy atom. The van der Waals surface area contributed by atoms with Gasteiger partial charge in [-0.2, -0.15) is 5.11 Å². The first kappa shape index (κ1) is 16.2. The average Bonchev–Trinajstić information content (AvgIpc) is 2.53. The molecule has 2 rings (SSSR count). The number of hydrogen-bond acceptors (Lipinski definition) is 6. The lowest BCUT2D eigenvalue weighted by atomic mass is 10.1. The number of aryl methyl sites for hydroxylation is 1. The first-order chi connectivity index (χ1) is 11.0. The van der Waals surface area contributed by atoms with Gasteiger partial charge in [0.1, 0.15) is 23.8 Å². The zero-order valence-corrected chi connectivity index (χ0v) is 12.6. The van der Waals surface area contributed by atoms with Crippen molar-refractivity contribution in [2.75, 3.05) is 0 Å². The van der Waals surface area contributed by atoms with Crippen LogP contribution >= 0.6 is 0 Å². The van der Waals surface area contributed by atoms with Crippen LogP contribution in [0.1, 0.15) is 11.1 Å². The molecule has 6 heteroatoms. The summed E-state index contributed by atoms with van der Waals surface area (Å²) >= 11 is 0. The van der Waals surface area contributed by atoms with Gasteiger partial charge in [0.25, 0.3) is 0 Å². The highest BCUT2D eigenvalue weighted by atomic mass is 16.5. The average molecular weight is 312 g/mol. The molecule has 2 aromatic rings. The van der Waals surface area contributed by atoms with E-state index in [2.05, 4.69) is 16.8 Å². The van der Waals surface area contributed by atoms with Crippen molar-refractivity contribution in [3.63, 3.8) is 0 Å². The molecule has 0 aliphatic carbocycles. The minimum Gasteiger partial charge on any atom is -0.508 e. The minimum absolute atomic E-state index is 0.0441. The number of nitrogens with zero attached hydrogens (tertiary/aromatic N) is 2. The number of esters is 1. The summed E-state index contributed by atoms with van der Waals surface area (Å²) in [7, 11) is 0. The summed E-state index contributed by atoms with van der Waals surface area (Å²) in [5, 5.41) is 27.0. The number of carbonyl (C=O) groups is 1. The van der Waals surface area contributed by atoms with Crippen LogP contribution in [-0.2, 0) is 16.1 Å². The maximum absolute atomic E-state index is 11.2. The van der Waals surface area contributed by atoms with Gasteiger partial charge >= 0.3 is 5.97 Å². The largest absolute Gasteiger partial charge is 0.508 e. The Kier molecular flexibility index (Phi) is 5.09. The molecule has 0 aliphatic heterocycles. The van der Waals surface area contributed by atoms with Crippen molar-refractivity contribution < 1.29 is 19.7 Å². The SMILES string of the molecule is C=CC(=O)OCc1cc(C)ccc1N=Nc1ccc(O)cc1O. The smallest absolute Gasteiger partial charge is 0.330 e. The summed E-state index contributed by atoms with van der Waals surface area (Å²) in [6, 6.07) is 9.45. The molecule has 118 valence electrons. The van der Waals surface area contributed by atoms with Gasteiger partial charge in [-0.15, -0.1) is 5.11 Å². The zero-order valence-electron chi connectivity index (χ0n) is 12.6. The first-order valence-corrected chi connectivity index (χ1v) is 6.82. The number of carbonyl (C=O) groups excluding carboxylic acids is 1. The van der Waals surface area contributed by atoms with Crippen LogP contribution < -0.4 is 0 Å². The van der Waals surface area contributed by atoms with E-state index in [4.69, 9.17) is 4.74 Å². The van der Waals surface area contributed by atoms with Gasteiger partial charge in [0.15, 0.2) is 0 Å². The van der Waals surface area contributed by atoms with Gasteiger partial charge in [0.05, 0.1) is 5.69 Å². The van der Waals surface area contributed by atoms with Crippen molar-refractivity contribution in [1.29, 1.82) is 0 Å². The second kappa shape index (κ2) is 7.22. The molecule has 23 heavy (non-hydrogen) atoms. The lowest BCUT2D eigenvalue weighted by Crippen LogP contribution is -2.00. The van der Waals surface area contributed by atoms with Gasteiger partial charge in [-0.05, 0) is 25.1 Å². The van der Waals surface area contributed by atoms with Crippen molar-refractivity contribution >= 4 is 17.3 Å². The Bertz CT molecular complexity index is 769. The minimum atomic E-state index is -0.523. The predicted molar refractivity (Wildman–Crippen MR) is 85.1 cm³/mol. The lowest BCUT2D eigenvalue weighted by Gasteiger charge is -2.07. The van der Waals surface area contributed by atoms with Gasteiger partial charge in [-0.3, -0.25) is 0 Å². The molecule has 0 bridgehead atoms.